The number of pyridine rings is 1. The van der Waals surface area contributed by atoms with Crippen molar-refractivity contribution in [2.45, 2.75) is 18.9 Å². The van der Waals surface area contributed by atoms with Gasteiger partial charge in [0.25, 0.3) is 5.91 Å². The van der Waals surface area contributed by atoms with Crippen molar-refractivity contribution in [2.75, 3.05) is 11.1 Å². The van der Waals surface area contributed by atoms with Gasteiger partial charge in [-0.2, -0.15) is 0 Å². The molecule has 0 bridgehead atoms. The van der Waals surface area contributed by atoms with E-state index in [-0.39, 0.29) is 11.6 Å². The molecule has 0 spiro atoms. The van der Waals surface area contributed by atoms with Crippen molar-refractivity contribution >= 4 is 51.7 Å². The van der Waals surface area contributed by atoms with Gasteiger partial charge in [0.05, 0.1) is 10.6 Å². The van der Waals surface area contributed by atoms with Crippen molar-refractivity contribution in [2.24, 2.45) is 10.7 Å². The molecule has 1 amide bonds. The third-order valence-electron chi connectivity index (χ3n) is 3.93. The standard InChI is InChI=1S/C17H16Cl2N4OS/c1-17(4-5-25-16(20)23-17)10-6-12(19)8-13(7-10)22-15(24)14-3-2-11(18)9-21-14/h2-3,6-9H,4-5H2,1H3,(H2,20,23)(H,22,24). The smallest absolute Gasteiger partial charge is 0.274 e. The van der Waals surface area contributed by atoms with Gasteiger partial charge in [0, 0.05) is 22.7 Å². The summed E-state index contributed by atoms with van der Waals surface area (Å²) in [5.41, 5.74) is 7.18. The second-order valence-corrected chi connectivity index (χ2v) is 7.85. The maximum atomic E-state index is 12.3. The lowest BCUT2D eigenvalue weighted by Gasteiger charge is -2.30. The number of nitrogens with two attached hydrogens (primary N) is 1. The number of rotatable bonds is 3. The Morgan fingerprint density at radius 1 is 1.28 bits per heavy atom. The van der Waals surface area contributed by atoms with E-state index in [0.29, 0.717) is 20.9 Å². The van der Waals surface area contributed by atoms with Crippen molar-refractivity contribution in [3.63, 3.8) is 0 Å². The quantitative estimate of drug-likeness (QED) is 0.812. The number of carbonyl (C=O) groups is 1. The van der Waals surface area contributed by atoms with Gasteiger partial charge in [0.2, 0.25) is 0 Å². The molecule has 0 aliphatic carbocycles. The maximum absolute atomic E-state index is 12.3. The van der Waals surface area contributed by atoms with Crippen LogP contribution in [-0.4, -0.2) is 21.8 Å². The molecule has 3 rings (SSSR count). The molecule has 130 valence electrons. The van der Waals surface area contributed by atoms with E-state index in [4.69, 9.17) is 28.9 Å². The van der Waals surface area contributed by atoms with Crippen molar-refractivity contribution in [3.8, 4) is 0 Å². The third kappa shape index (κ3) is 4.26. The summed E-state index contributed by atoms with van der Waals surface area (Å²) in [5, 5.41) is 4.36. The van der Waals surface area contributed by atoms with Gasteiger partial charge in [0.15, 0.2) is 5.17 Å². The SMILES string of the molecule is CC1(c2cc(Cl)cc(NC(=O)c3ccc(Cl)cn3)c2)CCSC(N)=N1. The molecular formula is C17H16Cl2N4OS. The summed E-state index contributed by atoms with van der Waals surface area (Å²) in [4.78, 5) is 20.9. The molecule has 1 aromatic carbocycles. The first-order valence-electron chi connectivity index (χ1n) is 7.58. The van der Waals surface area contributed by atoms with Crippen molar-refractivity contribution in [3.05, 3.63) is 57.8 Å². The number of aliphatic imine (C=N–C) groups is 1. The summed E-state index contributed by atoms with van der Waals surface area (Å²) in [6.45, 7) is 2.01. The average Bonchev–Trinajstić information content (AvgIpc) is 2.54. The van der Waals surface area contributed by atoms with Gasteiger partial charge in [-0.15, -0.1) is 0 Å². The van der Waals surface area contributed by atoms with Crippen LogP contribution >= 0.6 is 35.0 Å². The number of anilines is 1. The fraction of sp³-hybridized carbons (Fsp3) is 0.235. The Balaban J connectivity index is 1.88. The van der Waals surface area contributed by atoms with Crippen molar-refractivity contribution in [1.29, 1.82) is 0 Å². The topological polar surface area (TPSA) is 80.4 Å². The van der Waals surface area contributed by atoms with Crippen LogP contribution in [0.3, 0.4) is 0 Å². The monoisotopic (exact) mass is 394 g/mol. The Morgan fingerprint density at radius 2 is 2.08 bits per heavy atom. The molecule has 3 N–H and O–H groups in total. The van der Waals surface area contributed by atoms with E-state index < -0.39 is 5.54 Å². The first-order chi connectivity index (χ1) is 11.9. The van der Waals surface area contributed by atoms with Crippen LogP contribution in [0.1, 0.15) is 29.4 Å². The van der Waals surface area contributed by atoms with E-state index in [1.807, 2.05) is 19.1 Å². The van der Waals surface area contributed by atoms with Crippen LogP contribution in [0.4, 0.5) is 5.69 Å². The molecule has 1 aliphatic rings. The number of amides is 1. The van der Waals surface area contributed by atoms with Gasteiger partial charge in [-0.1, -0.05) is 35.0 Å². The number of aromatic nitrogens is 1. The largest absolute Gasteiger partial charge is 0.379 e. The minimum absolute atomic E-state index is 0.272. The molecule has 5 nitrogen and oxygen atoms in total. The third-order valence-corrected chi connectivity index (χ3v) is 5.17. The Bertz CT molecular complexity index is 841. The number of halogens is 2. The van der Waals surface area contributed by atoms with Gasteiger partial charge >= 0.3 is 0 Å². The number of thioether (sulfide) groups is 1. The van der Waals surface area contributed by atoms with Crippen molar-refractivity contribution in [1.82, 2.24) is 4.98 Å². The minimum atomic E-state index is -0.460. The van der Waals surface area contributed by atoms with Crippen LogP contribution in [0.5, 0.6) is 0 Å². The van der Waals surface area contributed by atoms with E-state index in [1.165, 1.54) is 18.0 Å². The normalized spacial score (nSPS) is 20.0. The number of hydrogen-bond acceptors (Lipinski definition) is 5. The Kier molecular flexibility index (Phi) is 5.22. The summed E-state index contributed by atoms with van der Waals surface area (Å²) in [6.07, 6.45) is 2.27. The van der Waals surface area contributed by atoms with E-state index in [9.17, 15) is 4.79 Å². The molecule has 0 saturated carbocycles. The summed E-state index contributed by atoms with van der Waals surface area (Å²) in [7, 11) is 0. The molecule has 0 radical (unpaired) electrons. The van der Waals surface area contributed by atoms with Crippen LogP contribution in [0.2, 0.25) is 10.0 Å². The van der Waals surface area contributed by atoms with Gasteiger partial charge in [-0.3, -0.25) is 9.79 Å². The highest BCUT2D eigenvalue weighted by Crippen LogP contribution is 2.37. The number of hydrogen-bond donors (Lipinski definition) is 2. The summed E-state index contributed by atoms with van der Waals surface area (Å²) in [6, 6.07) is 8.59. The molecule has 1 aliphatic heterocycles. The molecule has 2 aromatic rings. The zero-order valence-corrected chi connectivity index (χ0v) is 15.8. The number of benzene rings is 1. The second kappa shape index (κ2) is 7.23. The molecule has 1 unspecified atom stereocenters. The highest BCUT2D eigenvalue weighted by molar-refractivity contribution is 8.13. The number of nitrogens with one attached hydrogen (secondary N) is 1. The first kappa shape index (κ1) is 18.0. The van der Waals surface area contributed by atoms with Crippen LogP contribution < -0.4 is 11.1 Å². The fourth-order valence-corrected chi connectivity index (χ4v) is 3.89. The van der Waals surface area contributed by atoms with Crippen molar-refractivity contribution < 1.29 is 4.79 Å². The Morgan fingerprint density at radius 3 is 2.76 bits per heavy atom. The highest BCUT2D eigenvalue weighted by Gasteiger charge is 2.30. The van der Waals surface area contributed by atoms with Gasteiger partial charge in [0.1, 0.15) is 5.69 Å². The minimum Gasteiger partial charge on any atom is -0.379 e. The lowest BCUT2D eigenvalue weighted by molar-refractivity contribution is 0.102. The maximum Gasteiger partial charge on any atom is 0.274 e. The zero-order chi connectivity index (χ0) is 18.0. The van der Waals surface area contributed by atoms with E-state index in [0.717, 1.165) is 17.7 Å². The summed E-state index contributed by atoms with van der Waals surface area (Å²) >= 11 is 13.6. The van der Waals surface area contributed by atoms with Gasteiger partial charge in [-0.25, -0.2) is 4.98 Å². The molecular weight excluding hydrogens is 379 g/mol. The molecule has 25 heavy (non-hydrogen) atoms. The lowest BCUT2D eigenvalue weighted by Crippen LogP contribution is -2.29. The molecule has 2 heterocycles. The van der Waals surface area contributed by atoms with Crippen LogP contribution in [0.15, 0.2) is 41.5 Å². The van der Waals surface area contributed by atoms with E-state index in [2.05, 4.69) is 15.3 Å². The molecule has 1 atom stereocenters. The van der Waals surface area contributed by atoms with Crippen LogP contribution in [0.25, 0.3) is 0 Å². The van der Waals surface area contributed by atoms with Gasteiger partial charge in [-0.05, 0) is 49.2 Å². The predicted molar refractivity (Wildman–Crippen MR) is 105 cm³/mol. The molecule has 0 fully saturated rings. The van der Waals surface area contributed by atoms with E-state index in [1.54, 1.807) is 18.2 Å². The number of carbonyl (C=O) groups excluding carboxylic acids is 1. The Labute approximate surface area is 160 Å². The average molecular weight is 395 g/mol. The van der Waals surface area contributed by atoms with Crippen LogP contribution in [0, 0.1) is 0 Å². The molecule has 1 aromatic heterocycles. The van der Waals surface area contributed by atoms with Gasteiger partial charge < -0.3 is 11.1 Å². The first-order valence-corrected chi connectivity index (χ1v) is 9.32. The Hall–Kier alpha value is -1.76. The van der Waals surface area contributed by atoms with E-state index >= 15 is 0 Å². The molecule has 0 saturated heterocycles. The number of nitrogens with zero attached hydrogens (tertiary/aromatic N) is 2. The summed E-state index contributed by atoms with van der Waals surface area (Å²) in [5.74, 6) is 0.548. The highest BCUT2D eigenvalue weighted by atomic mass is 35.5. The lowest BCUT2D eigenvalue weighted by atomic mass is 9.89. The van der Waals surface area contributed by atoms with Crippen LogP contribution in [-0.2, 0) is 5.54 Å². The summed E-state index contributed by atoms with van der Waals surface area (Å²) < 4.78 is 0. The second-order valence-electron chi connectivity index (χ2n) is 5.87. The fourth-order valence-electron chi connectivity index (χ4n) is 2.57. The number of amidine groups is 1. The molecule has 8 heteroatoms. The predicted octanol–water partition coefficient (Wildman–Crippen LogP) is 4.31. The zero-order valence-electron chi connectivity index (χ0n) is 13.4.